The molecule has 0 unspecified atom stereocenters. The largest absolute Gasteiger partial charge is 0.670 e. The summed E-state index contributed by atoms with van der Waals surface area (Å²) in [5.74, 6) is 2.02. The molecule has 0 aliphatic carbocycles. The summed E-state index contributed by atoms with van der Waals surface area (Å²) in [5, 5.41) is 0. The van der Waals surface area contributed by atoms with Gasteiger partial charge in [0.1, 0.15) is 0 Å². The Bertz CT molecular complexity index is 49.7. The molecule has 3 heteroatoms. The molecule has 0 aromatic heterocycles. The molecule has 0 aliphatic rings. The molecule has 0 atom stereocenters. The molecular weight excluding hydrogens is 119 g/mol. The predicted molar refractivity (Wildman–Crippen MR) is 34.9 cm³/mol. The molecule has 48 valence electrons. The molecule has 0 rings (SSSR count). The second-order valence-corrected chi connectivity index (χ2v) is 3.61. The highest BCUT2D eigenvalue weighted by Crippen LogP contribution is 1.86. The van der Waals surface area contributed by atoms with E-state index in [1.807, 2.05) is 5.79 Å². The van der Waals surface area contributed by atoms with Crippen LogP contribution < -0.4 is 0 Å². The van der Waals surface area contributed by atoms with Gasteiger partial charge in [0.05, 0.1) is 0 Å². The third-order valence-corrected chi connectivity index (χ3v) is 2.26. The van der Waals surface area contributed by atoms with E-state index in [2.05, 4.69) is 6.92 Å². The van der Waals surface area contributed by atoms with E-state index in [1.54, 1.807) is 7.11 Å². The van der Waals surface area contributed by atoms with Crippen molar-refractivity contribution in [2.75, 3.05) is 13.7 Å². The summed E-state index contributed by atoms with van der Waals surface area (Å²) in [6, 6.07) is 0. The van der Waals surface area contributed by atoms with Gasteiger partial charge in [-0.2, -0.15) is 0 Å². The van der Waals surface area contributed by atoms with Crippen LogP contribution in [0.1, 0.15) is 13.3 Å². The fourth-order valence-corrected chi connectivity index (χ4v) is 1.06. The minimum Gasteiger partial charge on any atom is -0.481 e. The number of hydrogen-bond acceptors (Lipinski definition) is 2. The Balaban J connectivity index is 2.86. The van der Waals surface area contributed by atoms with E-state index in [0.29, 0.717) is 0 Å². The molecule has 2 nitrogen and oxygen atoms in total. The van der Waals surface area contributed by atoms with E-state index < -0.39 is 14.8 Å². The van der Waals surface area contributed by atoms with E-state index in [9.17, 15) is 0 Å². The standard InChI is InChI=1S/C3H7O.CH3O.CH3.Al/c1-2-3-4;1-2;;/h2-3H2,1H3;1H3;1H3;/q2*-1;;+2. The van der Waals surface area contributed by atoms with Crippen molar-refractivity contribution in [3.63, 3.8) is 0 Å². The summed E-state index contributed by atoms with van der Waals surface area (Å²) in [7, 11) is 1.70. The lowest BCUT2D eigenvalue weighted by atomic mass is 10.5. The van der Waals surface area contributed by atoms with Crippen molar-refractivity contribution in [3.05, 3.63) is 0 Å². The first-order valence-corrected chi connectivity index (χ1v) is 5.05. The normalized spacial score (nSPS) is 9.38. The number of rotatable bonds is 4. The maximum Gasteiger partial charge on any atom is 0.670 e. The summed E-state index contributed by atoms with van der Waals surface area (Å²) in [4.78, 5) is 0. The second-order valence-electron chi connectivity index (χ2n) is 1.67. The molecule has 0 spiro atoms. The van der Waals surface area contributed by atoms with Crippen LogP contribution in [0, 0.1) is 0 Å². The van der Waals surface area contributed by atoms with Gasteiger partial charge in [-0.25, -0.2) is 0 Å². The van der Waals surface area contributed by atoms with Crippen LogP contribution >= 0.6 is 0 Å². The maximum absolute atomic E-state index is 5.26. The van der Waals surface area contributed by atoms with Crippen LogP contribution in [0.5, 0.6) is 0 Å². The molecule has 0 saturated carbocycles. The average Bonchev–Trinajstić information content (AvgIpc) is 1.83. The summed E-state index contributed by atoms with van der Waals surface area (Å²) in [6.07, 6.45) is 1.08. The lowest BCUT2D eigenvalue weighted by Crippen LogP contribution is -2.16. The van der Waals surface area contributed by atoms with Gasteiger partial charge in [0, 0.05) is 13.7 Å². The van der Waals surface area contributed by atoms with Gasteiger partial charge in [-0.15, -0.1) is 0 Å². The van der Waals surface area contributed by atoms with E-state index in [-0.39, 0.29) is 0 Å². The molecule has 0 radical (unpaired) electrons. The van der Waals surface area contributed by atoms with Gasteiger partial charge in [-0.1, -0.05) is 12.7 Å². The van der Waals surface area contributed by atoms with E-state index >= 15 is 0 Å². The van der Waals surface area contributed by atoms with Crippen molar-refractivity contribution >= 4 is 14.8 Å². The molecule has 0 aliphatic heterocycles. The Hall–Kier alpha value is 0.452. The molecule has 0 aromatic rings. The van der Waals surface area contributed by atoms with Crippen LogP contribution in [0.3, 0.4) is 0 Å². The first-order valence-electron chi connectivity index (χ1n) is 2.95. The van der Waals surface area contributed by atoms with Crippen molar-refractivity contribution in [2.24, 2.45) is 0 Å². The lowest BCUT2D eigenvalue weighted by molar-refractivity contribution is 0.235. The van der Waals surface area contributed by atoms with Gasteiger partial charge in [0.2, 0.25) is 0 Å². The fourth-order valence-electron chi connectivity index (χ4n) is 0.352. The summed E-state index contributed by atoms with van der Waals surface area (Å²) in [6.45, 7) is 2.94. The van der Waals surface area contributed by atoms with Gasteiger partial charge in [-0.3, -0.25) is 0 Å². The SMILES string of the molecule is CCC[O][Al]([CH3])[O]C. The summed E-state index contributed by atoms with van der Waals surface area (Å²) < 4.78 is 10.2. The predicted octanol–water partition coefficient (Wildman–Crippen LogP) is 1.18. The minimum atomic E-state index is -1.20. The monoisotopic (exact) mass is 132 g/mol. The highest BCUT2D eigenvalue weighted by atomic mass is 27.2. The fraction of sp³-hybridized carbons (Fsp3) is 1.00. The molecule has 0 saturated heterocycles. The van der Waals surface area contributed by atoms with Gasteiger partial charge in [-0.05, 0) is 6.42 Å². The lowest BCUT2D eigenvalue weighted by Gasteiger charge is -2.02. The molecule has 8 heavy (non-hydrogen) atoms. The van der Waals surface area contributed by atoms with Crippen molar-refractivity contribution < 1.29 is 7.58 Å². The molecule has 0 bridgehead atoms. The van der Waals surface area contributed by atoms with Crippen LogP contribution in [-0.2, 0) is 7.58 Å². The highest BCUT2D eigenvalue weighted by molar-refractivity contribution is 6.42. The topological polar surface area (TPSA) is 18.5 Å². The summed E-state index contributed by atoms with van der Waals surface area (Å²) in [5.41, 5.74) is 0. The molecular formula is C5H13AlO2. The third-order valence-electron chi connectivity index (χ3n) is 0.889. The van der Waals surface area contributed by atoms with Crippen LogP contribution in [-0.4, -0.2) is 28.5 Å². The first-order chi connectivity index (χ1) is 3.81. The Morgan fingerprint density at radius 2 is 2.12 bits per heavy atom. The van der Waals surface area contributed by atoms with E-state index in [0.717, 1.165) is 13.0 Å². The van der Waals surface area contributed by atoms with Crippen LogP contribution in [0.25, 0.3) is 0 Å². The molecule has 0 heterocycles. The molecule has 0 N–H and O–H groups in total. The van der Waals surface area contributed by atoms with Gasteiger partial charge < -0.3 is 7.58 Å². The van der Waals surface area contributed by atoms with Gasteiger partial charge in [0.15, 0.2) is 0 Å². The van der Waals surface area contributed by atoms with Crippen LogP contribution in [0.4, 0.5) is 0 Å². The molecule has 0 fully saturated rings. The Labute approximate surface area is 55.9 Å². The molecule has 0 amide bonds. The Kier molecular flexibility index (Phi) is 5.90. The number of hydrogen-bond donors (Lipinski definition) is 0. The van der Waals surface area contributed by atoms with Crippen molar-refractivity contribution in [1.29, 1.82) is 0 Å². The molecule has 0 aromatic carbocycles. The second kappa shape index (κ2) is 5.59. The zero-order valence-electron chi connectivity index (χ0n) is 5.81. The summed E-state index contributed by atoms with van der Waals surface area (Å²) >= 11 is -1.20. The van der Waals surface area contributed by atoms with Gasteiger partial charge in [0.25, 0.3) is 0 Å². The van der Waals surface area contributed by atoms with Crippen molar-refractivity contribution in [2.45, 2.75) is 19.1 Å². The van der Waals surface area contributed by atoms with Crippen LogP contribution in [0.2, 0.25) is 5.79 Å². The Morgan fingerprint density at radius 1 is 1.50 bits per heavy atom. The smallest absolute Gasteiger partial charge is 0.481 e. The van der Waals surface area contributed by atoms with Crippen LogP contribution in [0.15, 0.2) is 0 Å². The van der Waals surface area contributed by atoms with E-state index in [4.69, 9.17) is 7.58 Å². The van der Waals surface area contributed by atoms with E-state index in [1.165, 1.54) is 0 Å². The van der Waals surface area contributed by atoms with Crippen molar-refractivity contribution in [3.8, 4) is 0 Å². The zero-order chi connectivity index (χ0) is 6.41. The van der Waals surface area contributed by atoms with Crippen molar-refractivity contribution in [1.82, 2.24) is 0 Å². The minimum absolute atomic E-state index is 0.848. The van der Waals surface area contributed by atoms with Gasteiger partial charge >= 0.3 is 14.8 Å². The maximum atomic E-state index is 5.26. The quantitative estimate of drug-likeness (QED) is 0.535. The highest BCUT2D eigenvalue weighted by Gasteiger charge is 2.12. The zero-order valence-corrected chi connectivity index (χ0v) is 6.96. The first kappa shape index (κ1) is 8.45. The third kappa shape index (κ3) is 4.61. The average molecular weight is 132 g/mol. The Morgan fingerprint density at radius 3 is 2.50 bits per heavy atom.